The third-order valence-corrected chi connectivity index (χ3v) is 3.31. The minimum absolute atomic E-state index is 0.883. The molecule has 0 aliphatic heterocycles. The fraction of sp³-hybridized carbons (Fsp3) is 0.400. The van der Waals surface area contributed by atoms with Crippen molar-refractivity contribution in [3.63, 3.8) is 0 Å². The van der Waals surface area contributed by atoms with Crippen molar-refractivity contribution in [3.8, 4) is 5.75 Å². The van der Waals surface area contributed by atoms with Crippen molar-refractivity contribution in [1.82, 2.24) is 9.88 Å². The highest BCUT2D eigenvalue weighted by Crippen LogP contribution is 2.28. The van der Waals surface area contributed by atoms with Crippen molar-refractivity contribution >= 4 is 16.6 Å². The number of fused-ring (bicyclic) bond motifs is 1. The third-order valence-electron chi connectivity index (χ3n) is 3.31. The molecule has 4 heteroatoms. The van der Waals surface area contributed by atoms with E-state index in [-0.39, 0.29) is 0 Å². The topological polar surface area (TPSA) is 37.4 Å². The van der Waals surface area contributed by atoms with Gasteiger partial charge < -0.3 is 15.0 Å². The highest BCUT2D eigenvalue weighted by atomic mass is 16.5. The summed E-state index contributed by atoms with van der Waals surface area (Å²) in [6, 6.07) is 8.01. The molecule has 0 unspecified atom stereocenters. The fourth-order valence-electron chi connectivity index (χ4n) is 2.02. The van der Waals surface area contributed by atoms with Gasteiger partial charge in [0, 0.05) is 30.1 Å². The number of likely N-dealkylation sites (N-methyl/N-ethyl adjacent to an activating group) is 1. The van der Waals surface area contributed by atoms with E-state index in [0.29, 0.717) is 0 Å². The lowest BCUT2D eigenvalue weighted by Crippen LogP contribution is -2.24. The van der Waals surface area contributed by atoms with E-state index in [0.717, 1.165) is 42.0 Å². The van der Waals surface area contributed by atoms with Gasteiger partial charge in [0.2, 0.25) is 0 Å². The molecule has 0 atom stereocenters. The quantitative estimate of drug-likeness (QED) is 0.865. The number of rotatable bonds is 6. The van der Waals surface area contributed by atoms with Gasteiger partial charge >= 0.3 is 0 Å². The second-order valence-electron chi connectivity index (χ2n) is 4.54. The highest BCUT2D eigenvalue weighted by Gasteiger charge is 2.06. The van der Waals surface area contributed by atoms with Gasteiger partial charge in [-0.3, -0.25) is 0 Å². The van der Waals surface area contributed by atoms with Gasteiger partial charge in [-0.25, -0.2) is 4.98 Å². The Morgan fingerprint density at radius 1 is 1.26 bits per heavy atom. The smallest absolute Gasteiger partial charge is 0.133 e. The Morgan fingerprint density at radius 3 is 2.84 bits per heavy atom. The number of hydrogen-bond donors (Lipinski definition) is 1. The summed E-state index contributed by atoms with van der Waals surface area (Å²) in [5.41, 5.74) is 0. The van der Waals surface area contributed by atoms with Gasteiger partial charge in [-0.1, -0.05) is 19.1 Å². The molecule has 19 heavy (non-hydrogen) atoms. The summed E-state index contributed by atoms with van der Waals surface area (Å²) >= 11 is 0. The molecule has 0 spiro atoms. The number of ether oxygens (including phenoxy) is 1. The second kappa shape index (κ2) is 6.38. The molecular formula is C15H21N3O. The van der Waals surface area contributed by atoms with Crippen LogP contribution in [0, 0.1) is 0 Å². The first-order chi connectivity index (χ1) is 9.26. The molecule has 1 aromatic carbocycles. The molecule has 4 nitrogen and oxygen atoms in total. The fourth-order valence-corrected chi connectivity index (χ4v) is 2.02. The van der Waals surface area contributed by atoms with Crippen molar-refractivity contribution in [2.45, 2.75) is 6.92 Å². The van der Waals surface area contributed by atoms with Crippen LogP contribution in [0.3, 0.4) is 0 Å². The first kappa shape index (κ1) is 13.6. The molecule has 0 fully saturated rings. The van der Waals surface area contributed by atoms with Crippen LogP contribution in [0.1, 0.15) is 6.92 Å². The van der Waals surface area contributed by atoms with Gasteiger partial charge in [0.25, 0.3) is 0 Å². The van der Waals surface area contributed by atoms with Crippen molar-refractivity contribution in [3.05, 3.63) is 30.5 Å². The minimum atomic E-state index is 0.883. The lowest BCUT2D eigenvalue weighted by molar-refractivity contribution is 0.367. The Kier molecular flexibility index (Phi) is 4.58. The molecule has 1 aromatic heterocycles. The van der Waals surface area contributed by atoms with Crippen molar-refractivity contribution in [2.24, 2.45) is 0 Å². The van der Waals surface area contributed by atoms with Crippen LogP contribution in [0.4, 0.5) is 5.82 Å². The average molecular weight is 259 g/mol. The molecule has 102 valence electrons. The molecule has 0 aliphatic rings. The summed E-state index contributed by atoms with van der Waals surface area (Å²) in [6.07, 6.45) is 1.82. The van der Waals surface area contributed by atoms with Crippen LogP contribution in [0.25, 0.3) is 10.8 Å². The number of nitrogens with one attached hydrogen (secondary N) is 1. The molecule has 1 N–H and O–H groups in total. The number of aromatic nitrogens is 1. The molecule has 0 radical (unpaired) electrons. The van der Waals surface area contributed by atoms with E-state index in [1.54, 1.807) is 7.11 Å². The largest absolute Gasteiger partial charge is 0.496 e. The Hall–Kier alpha value is -1.81. The number of methoxy groups -OCH3 is 1. The minimum Gasteiger partial charge on any atom is -0.496 e. The van der Waals surface area contributed by atoms with E-state index < -0.39 is 0 Å². The van der Waals surface area contributed by atoms with Crippen LogP contribution in [0.5, 0.6) is 5.75 Å². The summed E-state index contributed by atoms with van der Waals surface area (Å²) in [7, 11) is 3.81. The zero-order chi connectivity index (χ0) is 13.7. The van der Waals surface area contributed by atoms with Crippen LogP contribution < -0.4 is 10.1 Å². The third kappa shape index (κ3) is 3.15. The summed E-state index contributed by atoms with van der Waals surface area (Å²) in [5.74, 6) is 1.80. The van der Waals surface area contributed by atoms with E-state index in [9.17, 15) is 0 Å². The monoisotopic (exact) mass is 259 g/mol. The molecule has 0 aliphatic carbocycles. The normalized spacial score (nSPS) is 10.9. The van der Waals surface area contributed by atoms with Gasteiger partial charge in [0.15, 0.2) is 0 Å². The SMILES string of the molecule is CCN(C)CCNc1nccc2c(OC)cccc12. The zero-order valence-electron chi connectivity index (χ0n) is 11.8. The maximum Gasteiger partial charge on any atom is 0.133 e. The lowest BCUT2D eigenvalue weighted by atomic mass is 10.1. The standard InChI is InChI=1S/C15H21N3O/c1-4-18(2)11-10-17-15-13-6-5-7-14(19-3)12(13)8-9-16-15/h5-9H,4,10-11H2,1-3H3,(H,16,17). The van der Waals surface area contributed by atoms with E-state index in [4.69, 9.17) is 4.74 Å². The summed E-state index contributed by atoms with van der Waals surface area (Å²) in [5, 5.41) is 5.58. The number of benzene rings is 1. The molecule has 2 rings (SSSR count). The van der Waals surface area contributed by atoms with Gasteiger partial charge in [-0.05, 0) is 25.7 Å². The predicted molar refractivity (Wildman–Crippen MR) is 80.0 cm³/mol. The first-order valence-electron chi connectivity index (χ1n) is 6.60. The van der Waals surface area contributed by atoms with E-state index >= 15 is 0 Å². The van der Waals surface area contributed by atoms with E-state index in [1.807, 2.05) is 24.4 Å². The summed E-state index contributed by atoms with van der Waals surface area (Å²) in [4.78, 5) is 6.68. The molecule has 0 bridgehead atoms. The number of hydrogen-bond acceptors (Lipinski definition) is 4. The Balaban J connectivity index is 2.19. The molecule has 0 amide bonds. The molecular weight excluding hydrogens is 238 g/mol. The summed E-state index contributed by atoms with van der Waals surface area (Å²) in [6.45, 7) is 5.09. The van der Waals surface area contributed by atoms with Gasteiger partial charge in [-0.15, -0.1) is 0 Å². The van der Waals surface area contributed by atoms with Crippen LogP contribution in [-0.2, 0) is 0 Å². The maximum absolute atomic E-state index is 5.38. The average Bonchev–Trinajstić information content (AvgIpc) is 2.46. The molecule has 0 saturated carbocycles. The van der Waals surface area contributed by atoms with Gasteiger partial charge in [0.1, 0.15) is 11.6 Å². The number of pyridine rings is 1. The van der Waals surface area contributed by atoms with E-state index in [1.165, 1.54) is 0 Å². The van der Waals surface area contributed by atoms with Gasteiger partial charge in [0.05, 0.1) is 7.11 Å². The Bertz CT molecular complexity index is 542. The van der Waals surface area contributed by atoms with Crippen molar-refractivity contribution < 1.29 is 4.74 Å². The van der Waals surface area contributed by atoms with Crippen LogP contribution in [-0.4, -0.2) is 43.7 Å². The van der Waals surface area contributed by atoms with Crippen molar-refractivity contribution in [1.29, 1.82) is 0 Å². The lowest BCUT2D eigenvalue weighted by Gasteiger charge is -2.15. The molecule has 0 saturated heterocycles. The highest BCUT2D eigenvalue weighted by molar-refractivity contribution is 5.95. The zero-order valence-corrected chi connectivity index (χ0v) is 11.8. The number of anilines is 1. The summed E-state index contributed by atoms with van der Waals surface area (Å²) < 4.78 is 5.38. The Morgan fingerprint density at radius 2 is 2.11 bits per heavy atom. The second-order valence-corrected chi connectivity index (χ2v) is 4.54. The predicted octanol–water partition coefficient (Wildman–Crippen LogP) is 2.61. The number of nitrogens with zero attached hydrogens (tertiary/aromatic N) is 2. The van der Waals surface area contributed by atoms with Gasteiger partial charge in [-0.2, -0.15) is 0 Å². The van der Waals surface area contributed by atoms with Crippen LogP contribution >= 0.6 is 0 Å². The van der Waals surface area contributed by atoms with Crippen molar-refractivity contribution in [2.75, 3.05) is 39.1 Å². The first-order valence-corrected chi connectivity index (χ1v) is 6.60. The van der Waals surface area contributed by atoms with Crippen LogP contribution in [0.2, 0.25) is 0 Å². The maximum atomic E-state index is 5.38. The Labute approximate surface area is 114 Å². The van der Waals surface area contributed by atoms with E-state index in [2.05, 4.69) is 35.2 Å². The molecule has 1 heterocycles. The van der Waals surface area contributed by atoms with Crippen LogP contribution in [0.15, 0.2) is 30.5 Å². The molecule has 2 aromatic rings.